The Balaban J connectivity index is 1.73. The number of hydrogen-bond donors (Lipinski definition) is 1. The van der Waals surface area contributed by atoms with E-state index in [1.54, 1.807) is 24.5 Å². The van der Waals surface area contributed by atoms with E-state index in [1.165, 1.54) is 0 Å². The molecule has 0 saturated carbocycles. The Bertz CT molecular complexity index is 541. The van der Waals surface area contributed by atoms with E-state index >= 15 is 0 Å². The van der Waals surface area contributed by atoms with Crippen LogP contribution in [0.15, 0.2) is 24.5 Å². The second-order valence-electron chi connectivity index (χ2n) is 4.60. The predicted molar refractivity (Wildman–Crippen MR) is 66.3 cm³/mol. The number of hydrogen-bond acceptors (Lipinski definition) is 5. The number of carbonyl (C=O) groups excluding carboxylic acids is 1. The summed E-state index contributed by atoms with van der Waals surface area (Å²) in [6.45, 7) is 1.40. The van der Waals surface area contributed by atoms with Crippen LogP contribution in [0.4, 0.5) is 0 Å². The number of amides is 1. The number of aromatic nitrogens is 5. The van der Waals surface area contributed by atoms with Crippen molar-refractivity contribution >= 4 is 5.91 Å². The summed E-state index contributed by atoms with van der Waals surface area (Å²) in [7, 11) is 0. The molecule has 0 spiro atoms. The van der Waals surface area contributed by atoms with Crippen LogP contribution in [-0.2, 0) is 0 Å². The van der Waals surface area contributed by atoms with Crippen molar-refractivity contribution in [3.63, 3.8) is 0 Å². The highest BCUT2D eigenvalue weighted by atomic mass is 16.2. The van der Waals surface area contributed by atoms with E-state index in [1.807, 2.05) is 4.90 Å². The van der Waals surface area contributed by atoms with Crippen LogP contribution in [0.3, 0.4) is 0 Å². The molecule has 0 radical (unpaired) electrons. The van der Waals surface area contributed by atoms with Crippen LogP contribution in [0.2, 0.25) is 0 Å². The maximum absolute atomic E-state index is 12.3. The standard InChI is InChI=1S/C12H14N6O/c19-12(9-3-1-5-13-7-9)18-6-2-4-10(8-18)11-14-16-17-15-11/h1,3,5,7,10H,2,4,6,8H2,(H,14,15,16,17). The number of nitrogens with zero attached hydrogens (tertiary/aromatic N) is 5. The van der Waals surface area contributed by atoms with E-state index < -0.39 is 0 Å². The van der Waals surface area contributed by atoms with Gasteiger partial charge in [0.05, 0.1) is 5.56 Å². The lowest BCUT2D eigenvalue weighted by atomic mass is 9.97. The SMILES string of the molecule is O=C(c1cccnc1)N1CCCC(c2nn[nH]n2)C1. The quantitative estimate of drug-likeness (QED) is 0.852. The third kappa shape index (κ3) is 2.44. The van der Waals surface area contributed by atoms with E-state index in [2.05, 4.69) is 25.6 Å². The van der Waals surface area contributed by atoms with Gasteiger partial charge in [-0.2, -0.15) is 5.21 Å². The van der Waals surface area contributed by atoms with Gasteiger partial charge in [-0.15, -0.1) is 10.2 Å². The highest BCUT2D eigenvalue weighted by molar-refractivity contribution is 5.93. The smallest absolute Gasteiger partial charge is 0.255 e. The Labute approximate surface area is 110 Å². The van der Waals surface area contributed by atoms with Gasteiger partial charge < -0.3 is 4.90 Å². The molecule has 1 saturated heterocycles. The van der Waals surface area contributed by atoms with Gasteiger partial charge in [0.25, 0.3) is 5.91 Å². The zero-order valence-electron chi connectivity index (χ0n) is 10.4. The molecule has 1 aliphatic rings. The lowest BCUT2D eigenvalue weighted by molar-refractivity contribution is 0.0704. The van der Waals surface area contributed by atoms with Crippen LogP contribution in [-0.4, -0.2) is 49.5 Å². The minimum absolute atomic E-state index is 0.0151. The van der Waals surface area contributed by atoms with Crippen LogP contribution < -0.4 is 0 Å². The molecule has 3 rings (SSSR count). The molecule has 19 heavy (non-hydrogen) atoms. The molecule has 7 nitrogen and oxygen atoms in total. The normalized spacial score (nSPS) is 19.4. The number of rotatable bonds is 2. The van der Waals surface area contributed by atoms with Gasteiger partial charge in [0.15, 0.2) is 5.82 Å². The lowest BCUT2D eigenvalue weighted by Crippen LogP contribution is -2.39. The summed E-state index contributed by atoms with van der Waals surface area (Å²) in [6, 6.07) is 3.56. The van der Waals surface area contributed by atoms with Crippen molar-refractivity contribution in [3.8, 4) is 0 Å². The van der Waals surface area contributed by atoms with Gasteiger partial charge in [0.2, 0.25) is 0 Å². The van der Waals surface area contributed by atoms with Gasteiger partial charge in [0.1, 0.15) is 0 Å². The van der Waals surface area contributed by atoms with Gasteiger partial charge >= 0.3 is 0 Å². The molecule has 7 heteroatoms. The van der Waals surface area contributed by atoms with Gasteiger partial charge in [-0.05, 0) is 25.0 Å². The minimum atomic E-state index is 0.0151. The maximum Gasteiger partial charge on any atom is 0.255 e. The molecule has 1 aliphatic heterocycles. The summed E-state index contributed by atoms with van der Waals surface area (Å²) < 4.78 is 0. The van der Waals surface area contributed by atoms with Crippen LogP contribution >= 0.6 is 0 Å². The Hall–Kier alpha value is -2.31. The summed E-state index contributed by atoms with van der Waals surface area (Å²) in [5.41, 5.74) is 0.622. The van der Waals surface area contributed by atoms with Crippen molar-refractivity contribution in [2.45, 2.75) is 18.8 Å². The maximum atomic E-state index is 12.3. The minimum Gasteiger partial charge on any atom is -0.338 e. The fourth-order valence-electron chi connectivity index (χ4n) is 2.39. The zero-order chi connectivity index (χ0) is 13.1. The molecule has 1 unspecified atom stereocenters. The molecule has 0 aromatic carbocycles. The average Bonchev–Trinajstić information content (AvgIpc) is 3.02. The van der Waals surface area contributed by atoms with Crippen molar-refractivity contribution in [1.82, 2.24) is 30.5 Å². The Morgan fingerprint density at radius 2 is 2.42 bits per heavy atom. The number of tetrazole rings is 1. The van der Waals surface area contributed by atoms with Gasteiger partial charge in [0, 0.05) is 31.4 Å². The Kier molecular flexibility index (Phi) is 3.18. The zero-order valence-corrected chi connectivity index (χ0v) is 10.4. The molecule has 1 N–H and O–H groups in total. The van der Waals surface area contributed by atoms with Crippen LogP contribution in [0, 0.1) is 0 Å². The van der Waals surface area contributed by atoms with Crippen molar-refractivity contribution < 1.29 is 4.79 Å². The van der Waals surface area contributed by atoms with Crippen molar-refractivity contribution in [2.75, 3.05) is 13.1 Å². The molecule has 98 valence electrons. The predicted octanol–water partition coefficient (Wildman–Crippen LogP) is 0.614. The summed E-state index contributed by atoms with van der Waals surface area (Å²) in [4.78, 5) is 18.2. The number of aromatic amines is 1. The summed E-state index contributed by atoms with van der Waals surface area (Å²) in [6.07, 6.45) is 5.19. The summed E-state index contributed by atoms with van der Waals surface area (Å²) in [5.74, 6) is 0.859. The monoisotopic (exact) mass is 258 g/mol. The summed E-state index contributed by atoms with van der Waals surface area (Å²) >= 11 is 0. The van der Waals surface area contributed by atoms with E-state index in [0.29, 0.717) is 17.9 Å². The van der Waals surface area contributed by atoms with Crippen molar-refractivity contribution in [3.05, 3.63) is 35.9 Å². The second kappa shape index (κ2) is 5.13. The van der Waals surface area contributed by atoms with E-state index in [0.717, 1.165) is 19.4 Å². The third-order valence-electron chi connectivity index (χ3n) is 3.34. The highest BCUT2D eigenvalue weighted by Crippen LogP contribution is 2.24. The molecular formula is C12H14N6O. The fraction of sp³-hybridized carbons (Fsp3) is 0.417. The number of pyridine rings is 1. The topological polar surface area (TPSA) is 87.7 Å². The molecule has 1 fully saturated rings. The Morgan fingerprint density at radius 3 is 3.16 bits per heavy atom. The van der Waals surface area contributed by atoms with Crippen molar-refractivity contribution in [1.29, 1.82) is 0 Å². The molecule has 3 heterocycles. The second-order valence-corrected chi connectivity index (χ2v) is 4.60. The number of H-pyrrole nitrogens is 1. The van der Waals surface area contributed by atoms with Crippen LogP contribution in [0.1, 0.15) is 34.9 Å². The Morgan fingerprint density at radius 1 is 1.47 bits per heavy atom. The molecule has 2 aromatic rings. The first-order valence-corrected chi connectivity index (χ1v) is 6.27. The fourth-order valence-corrected chi connectivity index (χ4v) is 2.39. The number of nitrogens with one attached hydrogen (secondary N) is 1. The molecule has 0 aliphatic carbocycles. The van der Waals surface area contributed by atoms with E-state index in [-0.39, 0.29) is 11.8 Å². The largest absolute Gasteiger partial charge is 0.338 e. The van der Waals surface area contributed by atoms with E-state index in [4.69, 9.17) is 0 Å². The van der Waals surface area contributed by atoms with Crippen molar-refractivity contribution in [2.24, 2.45) is 0 Å². The molecule has 1 atom stereocenters. The van der Waals surface area contributed by atoms with Gasteiger partial charge in [-0.1, -0.05) is 5.21 Å². The average molecular weight is 258 g/mol. The molecule has 0 bridgehead atoms. The van der Waals surface area contributed by atoms with E-state index in [9.17, 15) is 4.79 Å². The third-order valence-corrected chi connectivity index (χ3v) is 3.34. The van der Waals surface area contributed by atoms with Gasteiger partial charge in [-0.25, -0.2) is 0 Å². The van der Waals surface area contributed by atoms with Gasteiger partial charge in [-0.3, -0.25) is 9.78 Å². The first-order valence-electron chi connectivity index (χ1n) is 6.27. The van der Waals surface area contributed by atoms with Crippen LogP contribution in [0.5, 0.6) is 0 Å². The lowest BCUT2D eigenvalue weighted by Gasteiger charge is -2.31. The highest BCUT2D eigenvalue weighted by Gasteiger charge is 2.27. The molecule has 2 aromatic heterocycles. The van der Waals surface area contributed by atoms with Crippen LogP contribution in [0.25, 0.3) is 0 Å². The number of piperidine rings is 1. The number of carbonyl (C=O) groups is 1. The molecule has 1 amide bonds. The summed E-state index contributed by atoms with van der Waals surface area (Å²) in [5, 5.41) is 14.1. The first kappa shape index (κ1) is 11.8. The molecular weight excluding hydrogens is 244 g/mol. The first-order chi connectivity index (χ1) is 9.34. The number of likely N-dealkylation sites (tertiary alicyclic amines) is 1.